The number of alkyl halides is 6. The molecule has 0 saturated heterocycles. The molecule has 0 spiro atoms. The van der Waals surface area contributed by atoms with Crippen molar-refractivity contribution >= 4 is 11.7 Å². The van der Waals surface area contributed by atoms with E-state index in [-0.39, 0.29) is 11.3 Å². The molecule has 1 N–H and O–H groups in total. The number of halogens is 6. The zero-order valence-corrected chi connectivity index (χ0v) is 23.4. The maximum Gasteiger partial charge on any atom is 0.473 e. The number of amides is 1. The summed E-state index contributed by atoms with van der Waals surface area (Å²) in [5.74, 6) is -3.41. The largest absolute Gasteiger partial charge is 0.507 e. The summed E-state index contributed by atoms with van der Waals surface area (Å²) in [5.41, 5.74) is -2.48. The summed E-state index contributed by atoms with van der Waals surface area (Å²) in [5, 5.41) is 10.9. The van der Waals surface area contributed by atoms with Gasteiger partial charge in [-0.25, -0.2) is 0 Å². The number of imidazole rings is 1. The molecule has 0 radical (unpaired) electrons. The normalized spacial score (nSPS) is 13.5. The highest BCUT2D eigenvalue weighted by molar-refractivity contribution is 5.96. The Kier molecular flexibility index (Phi) is 8.40. The number of benzene rings is 2. The zero-order chi connectivity index (χ0) is 31.1. The molecule has 0 unspecified atom stereocenters. The van der Waals surface area contributed by atoms with Gasteiger partial charge in [0.1, 0.15) is 11.4 Å². The predicted octanol–water partition coefficient (Wildman–Crippen LogP) is 6.53. The van der Waals surface area contributed by atoms with E-state index in [0.717, 1.165) is 0 Å². The number of carbonyl (C=O) groups is 2. The third kappa shape index (κ3) is 7.28. The van der Waals surface area contributed by atoms with E-state index in [9.17, 15) is 41.0 Å². The average Bonchev–Trinajstić information content (AvgIpc) is 3.14. The van der Waals surface area contributed by atoms with Gasteiger partial charge >= 0.3 is 18.3 Å². The summed E-state index contributed by atoms with van der Waals surface area (Å²) < 4.78 is 82.8. The van der Waals surface area contributed by atoms with Crippen LogP contribution in [-0.4, -0.2) is 32.1 Å². The monoisotopic (exact) mass is 583 g/mol. The van der Waals surface area contributed by atoms with Crippen LogP contribution in [-0.2, 0) is 34.9 Å². The quantitative estimate of drug-likeness (QED) is 0.274. The van der Waals surface area contributed by atoms with Gasteiger partial charge in [0.2, 0.25) is 5.62 Å². The van der Waals surface area contributed by atoms with E-state index in [1.165, 1.54) is 36.4 Å². The van der Waals surface area contributed by atoms with Gasteiger partial charge in [0, 0.05) is 22.9 Å². The number of rotatable bonds is 5. The number of hydrogen-bond acceptors (Lipinski definition) is 3. The first-order chi connectivity index (χ1) is 18.6. The summed E-state index contributed by atoms with van der Waals surface area (Å²) in [6, 6.07) is 10.4. The number of aromatic hydroxyl groups is 1. The maximum atomic E-state index is 14.1. The highest BCUT2D eigenvalue weighted by Gasteiger charge is 2.40. The number of carbonyl (C=O) groups excluding carboxylic acids is 2. The Balaban J connectivity index is 2.27. The van der Waals surface area contributed by atoms with Crippen molar-refractivity contribution in [3.63, 3.8) is 0 Å². The molecule has 0 saturated carbocycles. The smallest absolute Gasteiger partial charge is 0.473 e. The molecular weight excluding hydrogens is 552 g/mol. The van der Waals surface area contributed by atoms with Gasteiger partial charge in [-0.1, -0.05) is 71.9 Å². The van der Waals surface area contributed by atoms with E-state index in [0.29, 0.717) is 32.0 Å². The molecule has 3 rings (SSSR count). The van der Waals surface area contributed by atoms with Gasteiger partial charge in [-0.3, -0.25) is 9.59 Å². The van der Waals surface area contributed by atoms with Crippen LogP contribution in [0.2, 0.25) is 0 Å². The molecule has 1 heterocycles. The number of phenolic OH excluding ortho intramolecular Hbond substituents is 1. The first kappa shape index (κ1) is 31.7. The highest BCUT2D eigenvalue weighted by Crippen LogP contribution is 2.40. The number of phenols is 1. The fraction of sp³-hybridized carbons (Fsp3) is 0.414. The van der Waals surface area contributed by atoms with Crippen LogP contribution in [0.3, 0.4) is 0 Å². The molecule has 12 heteroatoms. The van der Waals surface area contributed by atoms with Crippen LogP contribution in [0.15, 0.2) is 53.7 Å². The van der Waals surface area contributed by atoms with E-state index in [1.54, 1.807) is 47.6 Å². The van der Waals surface area contributed by atoms with Crippen LogP contribution in [0.5, 0.6) is 5.75 Å². The predicted molar refractivity (Wildman–Crippen MR) is 139 cm³/mol. The fourth-order valence-electron chi connectivity index (χ4n) is 4.27. The molecule has 1 aromatic heterocycles. The Bertz CT molecular complexity index is 1480. The second kappa shape index (κ2) is 10.9. The Labute approximate surface area is 233 Å². The van der Waals surface area contributed by atoms with Crippen molar-refractivity contribution in [1.82, 2.24) is 9.13 Å². The van der Waals surface area contributed by atoms with Crippen molar-refractivity contribution in [2.24, 2.45) is 4.99 Å². The van der Waals surface area contributed by atoms with Gasteiger partial charge in [-0.2, -0.15) is 31.3 Å². The van der Waals surface area contributed by atoms with E-state index in [4.69, 9.17) is 0 Å². The lowest BCUT2D eigenvalue weighted by Crippen LogP contribution is -2.34. The van der Waals surface area contributed by atoms with Crippen molar-refractivity contribution in [2.45, 2.75) is 77.8 Å². The van der Waals surface area contributed by atoms with Crippen molar-refractivity contribution in [2.75, 3.05) is 0 Å². The van der Waals surface area contributed by atoms with Crippen molar-refractivity contribution in [1.29, 1.82) is 0 Å². The third-order valence-corrected chi connectivity index (χ3v) is 6.35. The number of ketones is 1. The van der Waals surface area contributed by atoms with Crippen molar-refractivity contribution in [3.8, 4) is 5.75 Å². The lowest BCUT2D eigenvalue weighted by Gasteiger charge is -2.28. The molecule has 0 atom stereocenters. The molecule has 0 fully saturated rings. The standard InChI is InChI=1S/C29H31F6N3O3/c1-26(2,3)19-12-18(13-20(23(19)40)27(4,5)6)21(39)15-37-16-22(28(30,31)32)38(14-17-10-8-7-9-11-17)25(37)36-24(41)29(33,34)35/h7-13,16,40H,14-15H2,1-6H3. The van der Waals surface area contributed by atoms with Crippen molar-refractivity contribution in [3.05, 3.63) is 82.2 Å². The van der Waals surface area contributed by atoms with Crippen LogP contribution < -0.4 is 5.62 Å². The SMILES string of the molecule is CC(C)(C)c1cc(C(=O)Cn2cc(C(F)(F)F)n(Cc3ccccc3)c2=NC(=O)C(F)(F)F)cc(C(C)(C)C)c1O. The van der Waals surface area contributed by atoms with Gasteiger partial charge in [0.25, 0.3) is 0 Å². The Morgan fingerprint density at radius 1 is 0.854 bits per heavy atom. The number of hydrogen-bond donors (Lipinski definition) is 1. The summed E-state index contributed by atoms with van der Waals surface area (Å²) >= 11 is 0. The van der Waals surface area contributed by atoms with Gasteiger partial charge in [-0.15, -0.1) is 0 Å². The first-order valence-electron chi connectivity index (χ1n) is 12.6. The molecule has 6 nitrogen and oxygen atoms in total. The molecule has 41 heavy (non-hydrogen) atoms. The van der Waals surface area contributed by atoms with Crippen LogP contribution in [0.25, 0.3) is 0 Å². The Morgan fingerprint density at radius 3 is 1.80 bits per heavy atom. The van der Waals surface area contributed by atoms with Gasteiger partial charge in [0.15, 0.2) is 5.78 Å². The summed E-state index contributed by atoms with van der Waals surface area (Å²) in [7, 11) is 0. The summed E-state index contributed by atoms with van der Waals surface area (Å²) in [6.07, 6.45) is -10.0. The molecule has 0 aliphatic heterocycles. The minimum absolute atomic E-state index is 0.0302. The van der Waals surface area contributed by atoms with Gasteiger partial charge in [0.05, 0.1) is 13.1 Å². The molecular formula is C29H31F6N3O3. The minimum atomic E-state index is -5.46. The molecule has 3 aromatic rings. The van der Waals surface area contributed by atoms with E-state index >= 15 is 0 Å². The molecule has 0 aliphatic carbocycles. The average molecular weight is 584 g/mol. The second-order valence-corrected chi connectivity index (χ2v) is 11.8. The first-order valence-corrected chi connectivity index (χ1v) is 12.6. The van der Waals surface area contributed by atoms with E-state index < -0.39 is 59.3 Å². The molecule has 2 aromatic carbocycles. The Morgan fingerprint density at radius 2 is 1.37 bits per heavy atom. The zero-order valence-electron chi connectivity index (χ0n) is 23.4. The van der Waals surface area contributed by atoms with Gasteiger partial charge in [-0.05, 0) is 28.5 Å². The van der Waals surface area contributed by atoms with E-state index in [2.05, 4.69) is 4.99 Å². The Hall–Kier alpha value is -3.83. The summed E-state index contributed by atoms with van der Waals surface area (Å²) in [4.78, 5) is 28.4. The second-order valence-electron chi connectivity index (χ2n) is 11.8. The number of aromatic nitrogens is 2. The van der Waals surface area contributed by atoms with Crippen LogP contribution in [0.1, 0.15) is 74.3 Å². The molecule has 1 amide bonds. The lowest BCUT2D eigenvalue weighted by molar-refractivity contribution is -0.170. The van der Waals surface area contributed by atoms with Crippen LogP contribution in [0, 0.1) is 0 Å². The lowest BCUT2D eigenvalue weighted by atomic mass is 9.78. The number of Topliss-reactive ketones (excluding diaryl/α,β-unsaturated/α-hetero) is 1. The summed E-state index contributed by atoms with van der Waals surface area (Å²) in [6.45, 7) is 9.39. The fourth-order valence-corrected chi connectivity index (χ4v) is 4.27. The van der Waals surface area contributed by atoms with Crippen LogP contribution >= 0.6 is 0 Å². The molecule has 222 valence electrons. The topological polar surface area (TPSA) is 76.6 Å². The number of nitrogens with zero attached hydrogens (tertiary/aromatic N) is 3. The maximum absolute atomic E-state index is 14.1. The van der Waals surface area contributed by atoms with Crippen molar-refractivity contribution < 1.29 is 41.0 Å². The highest BCUT2D eigenvalue weighted by atomic mass is 19.4. The third-order valence-electron chi connectivity index (χ3n) is 6.35. The van der Waals surface area contributed by atoms with E-state index in [1.807, 2.05) is 0 Å². The minimum Gasteiger partial charge on any atom is -0.507 e. The molecule has 0 bridgehead atoms. The van der Waals surface area contributed by atoms with Gasteiger partial charge < -0.3 is 14.2 Å². The van der Waals surface area contributed by atoms with Crippen LogP contribution in [0.4, 0.5) is 26.3 Å². The molecule has 0 aliphatic rings.